The van der Waals surface area contributed by atoms with Crippen LogP contribution in [-0.4, -0.2) is 52.1 Å². The Balaban J connectivity index is 1.67. The van der Waals surface area contributed by atoms with Crippen molar-refractivity contribution in [2.45, 2.75) is 59.8 Å². The van der Waals surface area contributed by atoms with Gasteiger partial charge in [-0.05, 0) is 57.4 Å². The number of piperazine rings is 1. The molecule has 1 aliphatic heterocycles. The number of aromatic nitrogens is 3. The molecule has 0 unspecified atom stereocenters. The van der Waals surface area contributed by atoms with Gasteiger partial charge in [-0.2, -0.15) is 13.2 Å². The lowest BCUT2D eigenvalue weighted by Gasteiger charge is -2.38. The third-order valence-electron chi connectivity index (χ3n) is 6.77. The van der Waals surface area contributed by atoms with Crippen molar-refractivity contribution >= 4 is 22.5 Å². The van der Waals surface area contributed by atoms with Crippen LogP contribution in [0.3, 0.4) is 0 Å². The summed E-state index contributed by atoms with van der Waals surface area (Å²) < 4.78 is 40.1. The van der Waals surface area contributed by atoms with E-state index < -0.39 is 11.7 Å². The minimum atomic E-state index is -4.38. The monoisotopic (exact) mass is 486 g/mol. The van der Waals surface area contributed by atoms with Crippen LogP contribution < -0.4 is 10.2 Å². The molecule has 1 aliphatic rings. The highest BCUT2D eigenvalue weighted by atomic mass is 19.4. The number of halogens is 3. The van der Waals surface area contributed by atoms with E-state index >= 15 is 0 Å². The SMILES string of the molecule is CCc1nc2nc(C)nc(NCc3cccc(C(F)(F)F)c3C)c2cc1N1CCN(C(C)C)CC1. The number of pyridine rings is 1. The molecule has 0 spiro atoms. The van der Waals surface area contributed by atoms with Crippen LogP contribution in [0.25, 0.3) is 11.0 Å². The predicted molar refractivity (Wildman–Crippen MR) is 134 cm³/mol. The van der Waals surface area contributed by atoms with Gasteiger partial charge in [0.25, 0.3) is 0 Å². The molecular formula is C26H33F3N6. The number of rotatable bonds is 6. The van der Waals surface area contributed by atoms with Crippen LogP contribution in [0, 0.1) is 13.8 Å². The van der Waals surface area contributed by atoms with Gasteiger partial charge >= 0.3 is 6.18 Å². The highest BCUT2D eigenvalue weighted by molar-refractivity contribution is 5.89. The Kier molecular flexibility index (Phi) is 7.17. The van der Waals surface area contributed by atoms with E-state index in [4.69, 9.17) is 4.98 Å². The zero-order chi connectivity index (χ0) is 25.3. The topological polar surface area (TPSA) is 57.2 Å². The summed E-state index contributed by atoms with van der Waals surface area (Å²) in [5.74, 6) is 1.15. The van der Waals surface area contributed by atoms with Crippen LogP contribution >= 0.6 is 0 Å². The molecule has 1 fully saturated rings. The quantitative estimate of drug-likeness (QED) is 0.506. The van der Waals surface area contributed by atoms with Gasteiger partial charge in [-0.25, -0.2) is 15.0 Å². The van der Waals surface area contributed by atoms with Crippen LogP contribution in [0.4, 0.5) is 24.7 Å². The second kappa shape index (κ2) is 9.97. The molecule has 1 saturated heterocycles. The summed E-state index contributed by atoms with van der Waals surface area (Å²) in [5.41, 5.74) is 2.85. The van der Waals surface area contributed by atoms with Gasteiger partial charge in [0.1, 0.15) is 11.6 Å². The maximum Gasteiger partial charge on any atom is 0.416 e. The first kappa shape index (κ1) is 25.2. The van der Waals surface area contributed by atoms with Crippen molar-refractivity contribution in [1.29, 1.82) is 0 Å². The number of aryl methyl sites for hydroxylation is 2. The van der Waals surface area contributed by atoms with Crippen LogP contribution in [0.2, 0.25) is 0 Å². The summed E-state index contributed by atoms with van der Waals surface area (Å²) in [4.78, 5) is 18.8. The molecule has 0 bridgehead atoms. The fourth-order valence-corrected chi connectivity index (χ4v) is 4.70. The number of benzene rings is 1. The Morgan fingerprint density at radius 3 is 2.37 bits per heavy atom. The molecular weight excluding hydrogens is 453 g/mol. The van der Waals surface area contributed by atoms with E-state index in [0.29, 0.717) is 28.9 Å². The molecule has 1 N–H and O–H groups in total. The normalized spacial score (nSPS) is 15.3. The second-order valence-corrected chi connectivity index (χ2v) is 9.36. The van der Waals surface area contributed by atoms with Gasteiger partial charge in [-0.3, -0.25) is 4.90 Å². The van der Waals surface area contributed by atoms with Gasteiger partial charge in [-0.1, -0.05) is 19.1 Å². The summed E-state index contributed by atoms with van der Waals surface area (Å²) in [6, 6.07) is 6.88. The Hall–Kier alpha value is -2.94. The first-order chi connectivity index (χ1) is 16.6. The molecule has 35 heavy (non-hydrogen) atoms. The summed E-state index contributed by atoms with van der Waals surface area (Å²) in [7, 11) is 0. The molecule has 0 radical (unpaired) electrons. The molecule has 3 heterocycles. The van der Waals surface area contributed by atoms with E-state index in [-0.39, 0.29) is 12.1 Å². The fraction of sp³-hybridized carbons (Fsp3) is 0.500. The van der Waals surface area contributed by atoms with Crippen molar-refractivity contribution in [3.8, 4) is 0 Å². The lowest BCUT2D eigenvalue weighted by Crippen LogP contribution is -2.49. The molecule has 0 amide bonds. The maximum atomic E-state index is 13.4. The molecule has 1 aromatic carbocycles. The first-order valence-electron chi connectivity index (χ1n) is 12.1. The van der Waals surface area contributed by atoms with E-state index in [9.17, 15) is 13.2 Å². The molecule has 2 aromatic heterocycles. The number of nitrogens with one attached hydrogen (secondary N) is 1. The lowest BCUT2D eigenvalue weighted by atomic mass is 10.0. The molecule has 9 heteroatoms. The highest BCUT2D eigenvalue weighted by Gasteiger charge is 2.32. The van der Waals surface area contributed by atoms with E-state index in [1.54, 1.807) is 13.0 Å². The van der Waals surface area contributed by atoms with Crippen LogP contribution in [0.15, 0.2) is 24.3 Å². The van der Waals surface area contributed by atoms with E-state index in [1.165, 1.54) is 13.0 Å². The maximum absolute atomic E-state index is 13.4. The number of anilines is 2. The van der Waals surface area contributed by atoms with Gasteiger partial charge in [0.05, 0.1) is 22.3 Å². The highest BCUT2D eigenvalue weighted by Crippen LogP contribution is 2.34. The smallest absolute Gasteiger partial charge is 0.367 e. The molecule has 6 nitrogen and oxygen atoms in total. The zero-order valence-corrected chi connectivity index (χ0v) is 21.0. The summed E-state index contributed by atoms with van der Waals surface area (Å²) in [6.07, 6.45) is -3.60. The lowest BCUT2D eigenvalue weighted by molar-refractivity contribution is -0.138. The van der Waals surface area contributed by atoms with Crippen LogP contribution in [-0.2, 0) is 19.1 Å². The molecule has 0 atom stereocenters. The zero-order valence-electron chi connectivity index (χ0n) is 21.0. The number of hydrogen-bond acceptors (Lipinski definition) is 6. The van der Waals surface area contributed by atoms with Crippen LogP contribution in [0.1, 0.15) is 49.0 Å². The van der Waals surface area contributed by atoms with Crippen molar-refractivity contribution in [1.82, 2.24) is 19.9 Å². The first-order valence-corrected chi connectivity index (χ1v) is 12.1. The Bertz CT molecular complexity index is 1200. The minimum Gasteiger partial charge on any atom is -0.367 e. The standard InChI is InChI=1S/C26H33F3N6/c1-6-22-23(35-12-10-34(11-13-35)16(2)3)14-20-24(31-18(5)32-25(20)33-22)30-15-19-8-7-9-21(17(19)4)26(27,28)29/h7-9,14,16H,6,10-13,15H2,1-5H3,(H,30,31,32,33). The van der Waals surface area contributed by atoms with Gasteiger partial charge < -0.3 is 10.2 Å². The van der Waals surface area contributed by atoms with E-state index in [2.05, 4.69) is 51.9 Å². The average Bonchev–Trinajstić information content (AvgIpc) is 2.81. The number of fused-ring (bicyclic) bond motifs is 1. The van der Waals surface area contributed by atoms with Gasteiger partial charge in [0.2, 0.25) is 0 Å². The number of nitrogens with zero attached hydrogens (tertiary/aromatic N) is 5. The van der Waals surface area contributed by atoms with Crippen molar-refractivity contribution in [3.63, 3.8) is 0 Å². The molecule has 0 aliphatic carbocycles. The summed E-state index contributed by atoms with van der Waals surface area (Å²) in [6.45, 7) is 13.9. The predicted octanol–water partition coefficient (Wildman–Crippen LogP) is 5.37. The van der Waals surface area contributed by atoms with Crippen molar-refractivity contribution in [2.24, 2.45) is 0 Å². The Morgan fingerprint density at radius 1 is 1.03 bits per heavy atom. The summed E-state index contributed by atoms with van der Waals surface area (Å²) >= 11 is 0. The van der Waals surface area contributed by atoms with Crippen molar-refractivity contribution < 1.29 is 13.2 Å². The molecule has 4 rings (SSSR count). The van der Waals surface area contributed by atoms with Gasteiger partial charge in [0.15, 0.2) is 5.65 Å². The second-order valence-electron chi connectivity index (χ2n) is 9.36. The average molecular weight is 487 g/mol. The van der Waals surface area contributed by atoms with Crippen molar-refractivity contribution in [2.75, 3.05) is 36.4 Å². The molecule has 3 aromatic rings. The molecule has 188 valence electrons. The van der Waals surface area contributed by atoms with E-state index in [1.807, 2.05) is 0 Å². The largest absolute Gasteiger partial charge is 0.416 e. The Morgan fingerprint density at radius 2 is 1.74 bits per heavy atom. The third kappa shape index (κ3) is 5.34. The van der Waals surface area contributed by atoms with Gasteiger partial charge in [0, 0.05) is 38.8 Å². The van der Waals surface area contributed by atoms with Crippen molar-refractivity contribution in [3.05, 3.63) is 52.5 Å². The third-order valence-corrected chi connectivity index (χ3v) is 6.77. The molecule has 0 saturated carbocycles. The Labute approximate surface area is 204 Å². The number of hydrogen-bond donors (Lipinski definition) is 1. The minimum absolute atomic E-state index is 0.220. The van der Waals surface area contributed by atoms with Gasteiger partial charge in [-0.15, -0.1) is 0 Å². The number of alkyl halides is 3. The fourth-order valence-electron chi connectivity index (χ4n) is 4.70. The summed E-state index contributed by atoms with van der Waals surface area (Å²) in [5, 5.41) is 4.05. The van der Waals surface area contributed by atoms with E-state index in [0.717, 1.165) is 55.4 Å². The van der Waals surface area contributed by atoms with Crippen LogP contribution in [0.5, 0.6) is 0 Å².